The van der Waals surface area contributed by atoms with Crippen LogP contribution in [0.15, 0.2) is 23.1 Å². The zero-order valence-corrected chi connectivity index (χ0v) is 19.6. The van der Waals surface area contributed by atoms with Crippen LogP contribution in [0.3, 0.4) is 0 Å². The topological polar surface area (TPSA) is 124 Å². The van der Waals surface area contributed by atoms with E-state index in [1.54, 1.807) is 19.1 Å². The molecule has 1 aromatic carbocycles. The lowest BCUT2D eigenvalue weighted by molar-refractivity contribution is -0.140. The number of nitrogens with one attached hydrogen (secondary N) is 2. The minimum absolute atomic E-state index is 0.0568. The summed E-state index contributed by atoms with van der Waals surface area (Å²) < 4.78 is 37.7. The molecule has 0 radical (unpaired) electrons. The molecule has 0 aliphatic rings. The van der Waals surface area contributed by atoms with E-state index in [1.165, 1.54) is 31.6 Å². The molecule has 1 heterocycles. The van der Waals surface area contributed by atoms with Crippen LogP contribution in [-0.4, -0.2) is 46.0 Å². The van der Waals surface area contributed by atoms with E-state index in [4.69, 9.17) is 4.74 Å². The van der Waals surface area contributed by atoms with Crippen LogP contribution in [0.25, 0.3) is 10.4 Å². The number of amides is 1. The van der Waals surface area contributed by atoms with Crippen LogP contribution in [0.1, 0.15) is 38.3 Å². The number of thiazole rings is 1. The molecule has 1 amide bonds. The molecule has 0 spiro atoms. The average molecular weight is 470 g/mol. The molecule has 0 saturated carbocycles. The van der Waals surface area contributed by atoms with Crippen molar-refractivity contribution in [3.63, 3.8) is 0 Å². The number of hydrogen-bond acceptors (Lipinski definition) is 8. The van der Waals surface area contributed by atoms with Crippen LogP contribution in [0, 0.1) is 6.92 Å². The number of hydrogen-bond donors (Lipinski definition) is 2. The van der Waals surface area contributed by atoms with Gasteiger partial charge in [0, 0.05) is 13.0 Å². The van der Waals surface area contributed by atoms with Crippen LogP contribution in [-0.2, 0) is 24.3 Å². The summed E-state index contributed by atoms with van der Waals surface area (Å²) in [5.41, 5.74) is 1.29. The molecule has 9 nitrogen and oxygen atoms in total. The first-order valence-corrected chi connectivity index (χ1v) is 12.0. The Kier molecular flexibility index (Phi) is 8.96. The average Bonchev–Trinajstić information content (AvgIpc) is 3.11. The van der Waals surface area contributed by atoms with Crippen molar-refractivity contribution in [2.45, 2.75) is 44.4 Å². The number of anilines is 1. The van der Waals surface area contributed by atoms with Gasteiger partial charge in [0.1, 0.15) is 10.6 Å². The fraction of sp³-hybridized carbons (Fsp3) is 0.450. The number of benzene rings is 1. The van der Waals surface area contributed by atoms with Gasteiger partial charge < -0.3 is 14.8 Å². The van der Waals surface area contributed by atoms with Crippen LogP contribution in [0.5, 0.6) is 5.75 Å². The van der Waals surface area contributed by atoms with Crippen LogP contribution < -0.4 is 14.8 Å². The number of aromatic nitrogens is 1. The maximum Gasteiger partial charge on any atom is 0.306 e. The van der Waals surface area contributed by atoms with Crippen LogP contribution in [0.4, 0.5) is 5.13 Å². The first-order chi connectivity index (χ1) is 14.7. The third-order valence-corrected chi connectivity index (χ3v) is 6.97. The van der Waals surface area contributed by atoms with Crippen molar-refractivity contribution in [3.05, 3.63) is 23.9 Å². The molecule has 0 saturated heterocycles. The standard InChI is InChI=1S/C20H27N3O6S2/c1-5-6-7-17(24)23-20-22-13(2)19(30-20)14-8-9-15(28-3)16(12-14)31(26,27)21-11-10-18(25)29-4/h8-9,12,21H,5-7,10-11H2,1-4H3,(H,22,23,24). The fourth-order valence-electron chi connectivity index (χ4n) is 2.73. The summed E-state index contributed by atoms with van der Waals surface area (Å²) in [7, 11) is -1.32. The SMILES string of the molecule is CCCCC(=O)Nc1nc(C)c(-c2ccc(OC)c(S(=O)(=O)NCCC(=O)OC)c2)s1. The van der Waals surface area contributed by atoms with Gasteiger partial charge in [-0.15, -0.1) is 0 Å². The number of nitrogens with zero attached hydrogens (tertiary/aromatic N) is 1. The van der Waals surface area contributed by atoms with E-state index in [0.717, 1.165) is 17.7 Å². The van der Waals surface area contributed by atoms with Crippen LogP contribution in [0.2, 0.25) is 0 Å². The molecular formula is C20H27N3O6S2. The van der Waals surface area contributed by atoms with Crippen molar-refractivity contribution < 1.29 is 27.5 Å². The number of ether oxygens (including phenoxy) is 2. The first kappa shape index (κ1) is 24.8. The lowest BCUT2D eigenvalue weighted by Gasteiger charge is -2.12. The largest absolute Gasteiger partial charge is 0.495 e. The Hall–Kier alpha value is -2.50. The van der Waals surface area contributed by atoms with Crippen molar-refractivity contribution in [2.24, 2.45) is 0 Å². The molecule has 2 aromatic rings. The molecule has 0 aliphatic heterocycles. The quantitative estimate of drug-likeness (QED) is 0.485. The maximum absolute atomic E-state index is 12.8. The van der Waals surface area contributed by atoms with Crippen molar-refractivity contribution in [1.29, 1.82) is 0 Å². The highest BCUT2D eigenvalue weighted by Gasteiger charge is 2.22. The Morgan fingerprint density at radius 1 is 1.19 bits per heavy atom. The highest BCUT2D eigenvalue weighted by molar-refractivity contribution is 7.89. The molecule has 0 atom stereocenters. The van der Waals surface area contributed by atoms with Crippen molar-refractivity contribution in [3.8, 4) is 16.2 Å². The summed E-state index contributed by atoms with van der Waals surface area (Å²) in [6.07, 6.45) is 2.05. The number of carbonyl (C=O) groups is 2. The van der Waals surface area contributed by atoms with E-state index >= 15 is 0 Å². The third kappa shape index (κ3) is 6.74. The van der Waals surface area contributed by atoms with Gasteiger partial charge >= 0.3 is 5.97 Å². The Balaban J connectivity index is 2.29. The maximum atomic E-state index is 12.8. The second-order valence-electron chi connectivity index (χ2n) is 6.67. The number of unbranched alkanes of at least 4 members (excludes halogenated alkanes) is 1. The highest BCUT2D eigenvalue weighted by atomic mass is 32.2. The molecule has 2 rings (SSSR count). The van der Waals surface area contributed by atoms with Gasteiger partial charge in [0.25, 0.3) is 0 Å². The van der Waals surface area contributed by atoms with Gasteiger partial charge in [-0.2, -0.15) is 0 Å². The number of carbonyl (C=O) groups excluding carboxylic acids is 2. The Bertz CT molecular complexity index is 1030. The van der Waals surface area contributed by atoms with Gasteiger partial charge in [-0.05, 0) is 37.1 Å². The number of esters is 1. The third-order valence-electron chi connectivity index (χ3n) is 4.36. The highest BCUT2D eigenvalue weighted by Crippen LogP contribution is 2.36. The normalized spacial score (nSPS) is 11.2. The van der Waals surface area contributed by atoms with Gasteiger partial charge in [-0.1, -0.05) is 24.7 Å². The fourth-order valence-corrected chi connectivity index (χ4v) is 4.94. The van der Waals surface area contributed by atoms with E-state index in [0.29, 0.717) is 22.8 Å². The molecular weight excluding hydrogens is 442 g/mol. The monoisotopic (exact) mass is 469 g/mol. The van der Waals surface area contributed by atoms with Gasteiger partial charge in [0.2, 0.25) is 15.9 Å². The summed E-state index contributed by atoms with van der Waals surface area (Å²) in [6, 6.07) is 4.78. The number of sulfonamides is 1. The number of rotatable bonds is 11. The van der Waals surface area contributed by atoms with E-state index in [1.807, 2.05) is 6.92 Å². The molecule has 0 aliphatic carbocycles. The van der Waals surface area contributed by atoms with E-state index in [2.05, 4.69) is 19.8 Å². The van der Waals surface area contributed by atoms with Crippen molar-refractivity contribution in [2.75, 3.05) is 26.1 Å². The van der Waals surface area contributed by atoms with Gasteiger partial charge in [-0.3, -0.25) is 9.59 Å². The Morgan fingerprint density at radius 3 is 2.58 bits per heavy atom. The van der Waals surface area contributed by atoms with E-state index < -0.39 is 16.0 Å². The van der Waals surface area contributed by atoms with Crippen molar-refractivity contribution >= 4 is 38.4 Å². The second-order valence-corrected chi connectivity index (χ2v) is 9.41. The summed E-state index contributed by atoms with van der Waals surface area (Å²) in [4.78, 5) is 28.3. The predicted octanol–water partition coefficient (Wildman–Crippen LogP) is 3.10. The number of aryl methyl sites for hydroxylation is 1. The summed E-state index contributed by atoms with van der Waals surface area (Å²) in [6.45, 7) is 3.70. The van der Waals surface area contributed by atoms with Gasteiger partial charge in [0.15, 0.2) is 5.13 Å². The minimum Gasteiger partial charge on any atom is -0.495 e. The van der Waals surface area contributed by atoms with Gasteiger partial charge in [-0.25, -0.2) is 18.1 Å². The van der Waals surface area contributed by atoms with Crippen molar-refractivity contribution in [1.82, 2.24) is 9.71 Å². The molecule has 2 N–H and O–H groups in total. The van der Waals surface area contributed by atoms with E-state index in [9.17, 15) is 18.0 Å². The molecule has 0 unspecified atom stereocenters. The molecule has 0 fully saturated rings. The minimum atomic E-state index is -3.94. The lowest BCUT2D eigenvalue weighted by Crippen LogP contribution is -2.27. The Morgan fingerprint density at radius 2 is 1.94 bits per heavy atom. The summed E-state index contributed by atoms with van der Waals surface area (Å²) in [5, 5.41) is 3.25. The molecule has 0 bridgehead atoms. The smallest absolute Gasteiger partial charge is 0.306 e. The second kappa shape index (κ2) is 11.2. The van der Waals surface area contributed by atoms with E-state index in [-0.39, 0.29) is 29.5 Å². The van der Waals surface area contributed by atoms with Gasteiger partial charge in [0.05, 0.1) is 31.2 Å². The zero-order valence-electron chi connectivity index (χ0n) is 18.0. The summed E-state index contributed by atoms with van der Waals surface area (Å²) >= 11 is 1.27. The Labute approximate surface area is 186 Å². The predicted molar refractivity (Wildman–Crippen MR) is 119 cm³/mol. The van der Waals surface area contributed by atoms with Crippen LogP contribution >= 0.6 is 11.3 Å². The molecule has 31 heavy (non-hydrogen) atoms. The number of methoxy groups -OCH3 is 2. The summed E-state index contributed by atoms with van der Waals surface area (Å²) in [5.74, 6) is -0.447. The molecule has 170 valence electrons. The zero-order chi connectivity index (χ0) is 23.0. The first-order valence-electron chi connectivity index (χ1n) is 9.74. The molecule has 11 heteroatoms. The molecule has 1 aromatic heterocycles. The lowest BCUT2D eigenvalue weighted by atomic mass is 10.1.